The zero-order valence-corrected chi connectivity index (χ0v) is 19.1. The van der Waals surface area contributed by atoms with Crippen LogP contribution in [0.1, 0.15) is 16.2 Å². The second-order valence-corrected chi connectivity index (χ2v) is 7.82. The molecule has 10 nitrogen and oxygen atoms in total. The molecule has 1 amide bonds. The minimum atomic E-state index is -0.732. The van der Waals surface area contributed by atoms with Gasteiger partial charge in [0.25, 0.3) is 11.6 Å². The van der Waals surface area contributed by atoms with Crippen molar-refractivity contribution < 1.29 is 23.6 Å². The van der Waals surface area contributed by atoms with Gasteiger partial charge in [-0.15, -0.1) is 11.3 Å². The average Bonchev–Trinajstić information content (AvgIpc) is 3.45. The van der Waals surface area contributed by atoms with Gasteiger partial charge >= 0.3 is 0 Å². The first-order chi connectivity index (χ1) is 16.3. The van der Waals surface area contributed by atoms with E-state index < -0.39 is 16.5 Å². The summed E-state index contributed by atoms with van der Waals surface area (Å²) in [5.41, 5.74) is 0.707. The van der Waals surface area contributed by atoms with Crippen LogP contribution in [0.25, 0.3) is 16.4 Å². The van der Waals surface area contributed by atoms with E-state index in [0.717, 1.165) is 11.6 Å². The minimum absolute atomic E-state index is 0.128. The van der Waals surface area contributed by atoms with Gasteiger partial charge in [-0.3, -0.25) is 19.5 Å². The maximum atomic E-state index is 13.2. The molecule has 34 heavy (non-hydrogen) atoms. The van der Waals surface area contributed by atoms with E-state index >= 15 is 0 Å². The molecule has 12 heteroatoms. The predicted octanol–water partition coefficient (Wildman–Crippen LogP) is 4.62. The van der Waals surface area contributed by atoms with Gasteiger partial charge in [0.05, 0.1) is 37.1 Å². The van der Waals surface area contributed by atoms with Gasteiger partial charge in [0.15, 0.2) is 16.6 Å². The van der Waals surface area contributed by atoms with Gasteiger partial charge < -0.3 is 14.8 Å². The maximum Gasteiger partial charge on any atom is 0.286 e. The molecule has 1 N–H and O–H groups in total. The monoisotopic (exact) mass is 483 g/mol. The summed E-state index contributed by atoms with van der Waals surface area (Å²) in [7, 11) is 2.71. The summed E-state index contributed by atoms with van der Waals surface area (Å²) in [5.74, 6) is 0.0290. The van der Waals surface area contributed by atoms with Gasteiger partial charge in [-0.05, 0) is 31.2 Å². The topological polar surface area (TPSA) is 121 Å². The summed E-state index contributed by atoms with van der Waals surface area (Å²) in [6.45, 7) is 1.73. The molecule has 2 aromatic heterocycles. The fourth-order valence-corrected chi connectivity index (χ4v) is 4.17. The molecule has 4 aromatic rings. The van der Waals surface area contributed by atoms with E-state index in [1.165, 1.54) is 50.0 Å². The Morgan fingerprint density at radius 1 is 1.18 bits per heavy atom. The summed E-state index contributed by atoms with van der Waals surface area (Å²) in [6.07, 6.45) is 1.43. The lowest BCUT2D eigenvalue weighted by atomic mass is 10.1. The number of hydrogen-bond donors (Lipinski definition) is 1. The van der Waals surface area contributed by atoms with Crippen LogP contribution in [0, 0.1) is 22.9 Å². The smallest absolute Gasteiger partial charge is 0.286 e. The number of halogens is 1. The minimum Gasteiger partial charge on any atom is -0.493 e. The molecule has 0 bridgehead atoms. The predicted molar refractivity (Wildman–Crippen MR) is 124 cm³/mol. The lowest BCUT2D eigenvalue weighted by molar-refractivity contribution is -0.385. The first kappa shape index (κ1) is 22.9. The zero-order chi connectivity index (χ0) is 24.4. The van der Waals surface area contributed by atoms with E-state index in [4.69, 9.17) is 9.47 Å². The molecule has 0 saturated heterocycles. The number of anilines is 1. The third-order valence-corrected chi connectivity index (χ3v) is 5.77. The summed E-state index contributed by atoms with van der Waals surface area (Å²) < 4.78 is 25.1. The third kappa shape index (κ3) is 4.30. The maximum absolute atomic E-state index is 13.2. The number of imidazole rings is 1. The van der Waals surface area contributed by atoms with Gasteiger partial charge in [-0.2, -0.15) is 0 Å². The lowest BCUT2D eigenvalue weighted by Gasteiger charge is -2.12. The van der Waals surface area contributed by atoms with Crippen LogP contribution in [-0.4, -0.2) is 39.6 Å². The molecule has 0 aliphatic heterocycles. The number of nitrogens with zero attached hydrogens (tertiary/aromatic N) is 4. The Balaban J connectivity index is 1.68. The van der Waals surface area contributed by atoms with Crippen LogP contribution in [0.3, 0.4) is 0 Å². The van der Waals surface area contributed by atoms with E-state index in [1.807, 2.05) is 0 Å². The second kappa shape index (κ2) is 9.27. The Bertz CT molecular complexity index is 1380. The van der Waals surface area contributed by atoms with Crippen LogP contribution in [0.5, 0.6) is 11.5 Å². The molecule has 0 spiro atoms. The number of nitro groups is 1. The van der Waals surface area contributed by atoms with Crippen molar-refractivity contribution in [3.8, 4) is 27.9 Å². The number of aromatic nitrogens is 3. The number of carbonyl (C=O) groups is 1. The van der Waals surface area contributed by atoms with Crippen LogP contribution < -0.4 is 14.8 Å². The number of aryl methyl sites for hydroxylation is 1. The normalized spacial score (nSPS) is 10.7. The van der Waals surface area contributed by atoms with Crippen LogP contribution in [0.4, 0.5) is 15.9 Å². The van der Waals surface area contributed by atoms with Crippen molar-refractivity contribution in [2.45, 2.75) is 6.92 Å². The molecule has 0 fully saturated rings. The molecule has 4 rings (SSSR count). The first-order valence-electron chi connectivity index (χ1n) is 9.80. The van der Waals surface area contributed by atoms with Gasteiger partial charge in [0, 0.05) is 17.0 Å². The molecule has 0 atom stereocenters. The van der Waals surface area contributed by atoms with Crippen molar-refractivity contribution in [1.29, 1.82) is 0 Å². The molecule has 2 aromatic carbocycles. The van der Waals surface area contributed by atoms with Gasteiger partial charge in [0.1, 0.15) is 23.0 Å². The van der Waals surface area contributed by atoms with E-state index in [-0.39, 0.29) is 28.7 Å². The Morgan fingerprint density at radius 3 is 2.50 bits per heavy atom. The SMILES string of the molecule is COc1cc(C(=O)Nc2cnc(C)n2-c2nc(-c3ccc(F)cc3)cs2)c([N+](=O)[O-])cc1OC. The Kier molecular flexibility index (Phi) is 6.23. The van der Waals surface area contributed by atoms with Crippen LogP contribution >= 0.6 is 11.3 Å². The van der Waals surface area contributed by atoms with Gasteiger partial charge in [-0.25, -0.2) is 14.4 Å². The van der Waals surface area contributed by atoms with Gasteiger partial charge in [0.2, 0.25) is 0 Å². The number of nitrogens with one attached hydrogen (secondary N) is 1. The van der Waals surface area contributed by atoms with Crippen molar-refractivity contribution in [3.63, 3.8) is 0 Å². The van der Waals surface area contributed by atoms with E-state index in [0.29, 0.717) is 16.6 Å². The molecule has 0 aliphatic carbocycles. The highest BCUT2D eigenvalue weighted by Crippen LogP contribution is 2.35. The molecular formula is C22H18FN5O5S. The standard InChI is InChI=1S/C22H18FN5O5S/c1-12-24-10-20(27(12)22-25-16(11-34-22)13-4-6-14(23)7-5-13)26-21(29)15-8-18(32-2)19(33-3)9-17(15)28(30)31/h4-11H,1-3H3,(H,26,29). The average molecular weight is 483 g/mol. The fourth-order valence-electron chi connectivity index (χ4n) is 3.28. The van der Waals surface area contributed by atoms with Crippen molar-refractivity contribution in [1.82, 2.24) is 14.5 Å². The third-order valence-electron chi connectivity index (χ3n) is 4.95. The van der Waals surface area contributed by atoms with Crippen LogP contribution in [0.2, 0.25) is 0 Å². The molecule has 2 heterocycles. The van der Waals surface area contributed by atoms with Crippen molar-refractivity contribution in [2.75, 3.05) is 19.5 Å². The summed E-state index contributed by atoms with van der Waals surface area (Å²) in [5, 5.41) is 16.5. The Morgan fingerprint density at radius 2 is 1.85 bits per heavy atom. The van der Waals surface area contributed by atoms with Crippen molar-refractivity contribution >= 4 is 28.7 Å². The zero-order valence-electron chi connectivity index (χ0n) is 18.2. The largest absolute Gasteiger partial charge is 0.493 e. The van der Waals surface area contributed by atoms with Crippen LogP contribution in [-0.2, 0) is 0 Å². The van der Waals surface area contributed by atoms with E-state index in [2.05, 4.69) is 15.3 Å². The molecule has 0 aliphatic rings. The number of amides is 1. The molecule has 0 saturated carbocycles. The van der Waals surface area contributed by atoms with Crippen molar-refractivity contribution in [3.05, 3.63) is 75.3 Å². The molecule has 174 valence electrons. The summed E-state index contributed by atoms with van der Waals surface area (Å²) in [6, 6.07) is 8.31. The number of methoxy groups -OCH3 is 2. The number of carbonyl (C=O) groups excluding carboxylic acids is 1. The number of rotatable bonds is 7. The Labute approximate surface area is 196 Å². The highest BCUT2D eigenvalue weighted by Gasteiger charge is 2.26. The lowest BCUT2D eigenvalue weighted by Crippen LogP contribution is -2.17. The highest BCUT2D eigenvalue weighted by atomic mass is 32.1. The van der Waals surface area contributed by atoms with Crippen molar-refractivity contribution in [2.24, 2.45) is 0 Å². The van der Waals surface area contributed by atoms with Gasteiger partial charge in [-0.1, -0.05) is 0 Å². The molecule has 0 radical (unpaired) electrons. The number of benzene rings is 2. The Hall–Kier alpha value is -4.32. The highest BCUT2D eigenvalue weighted by molar-refractivity contribution is 7.12. The number of thiazole rings is 1. The van der Waals surface area contributed by atoms with Crippen LogP contribution in [0.15, 0.2) is 48.0 Å². The summed E-state index contributed by atoms with van der Waals surface area (Å²) in [4.78, 5) is 32.8. The fraction of sp³-hybridized carbons (Fsp3) is 0.136. The second-order valence-electron chi connectivity index (χ2n) is 6.98. The van der Waals surface area contributed by atoms with E-state index in [9.17, 15) is 19.3 Å². The molecule has 0 unspecified atom stereocenters. The number of ether oxygens (including phenoxy) is 2. The summed E-state index contributed by atoms with van der Waals surface area (Å²) >= 11 is 1.30. The molecular weight excluding hydrogens is 465 g/mol. The number of hydrogen-bond acceptors (Lipinski definition) is 8. The van der Waals surface area contributed by atoms with E-state index in [1.54, 1.807) is 29.0 Å². The quantitative estimate of drug-likeness (QED) is 0.301. The number of nitro benzene ring substituents is 1. The first-order valence-corrected chi connectivity index (χ1v) is 10.7.